The molecule has 5 rings (SSSR count). The first kappa shape index (κ1) is 21.0. The number of benzene rings is 1. The van der Waals surface area contributed by atoms with E-state index in [1.165, 1.54) is 11.3 Å². The lowest BCUT2D eigenvalue weighted by Gasteiger charge is -2.47. The molecule has 1 unspecified atom stereocenters. The molecule has 3 aliphatic heterocycles. The maximum absolute atomic E-state index is 13.7. The lowest BCUT2D eigenvalue weighted by molar-refractivity contribution is -0.133. The van der Waals surface area contributed by atoms with Gasteiger partial charge in [0.05, 0.1) is 11.6 Å². The Morgan fingerprint density at radius 3 is 2.84 bits per heavy atom. The summed E-state index contributed by atoms with van der Waals surface area (Å²) >= 11 is 8.06. The van der Waals surface area contributed by atoms with Crippen LogP contribution in [-0.2, 0) is 10.5 Å². The summed E-state index contributed by atoms with van der Waals surface area (Å²) in [5.41, 5.74) is 3.55. The minimum atomic E-state index is -0.211. The third-order valence-corrected chi connectivity index (χ3v) is 8.06. The second kappa shape index (κ2) is 8.60. The van der Waals surface area contributed by atoms with Gasteiger partial charge in [0, 0.05) is 59.9 Å². The van der Waals surface area contributed by atoms with Gasteiger partial charge in [0.2, 0.25) is 5.91 Å². The zero-order valence-corrected chi connectivity index (χ0v) is 19.5. The number of rotatable bonds is 5. The molecular weight excluding hydrogens is 430 g/mol. The summed E-state index contributed by atoms with van der Waals surface area (Å²) < 4.78 is 0. The highest BCUT2D eigenvalue weighted by molar-refractivity contribution is 7.99. The van der Waals surface area contributed by atoms with Crippen LogP contribution < -0.4 is 10.2 Å². The topological polar surface area (TPSA) is 61.4 Å². The maximum atomic E-state index is 13.7. The van der Waals surface area contributed by atoms with E-state index >= 15 is 0 Å². The van der Waals surface area contributed by atoms with Crippen molar-refractivity contribution >= 4 is 35.1 Å². The number of nitrogens with one attached hydrogen (secondary N) is 1. The van der Waals surface area contributed by atoms with Gasteiger partial charge >= 0.3 is 0 Å². The number of amides is 1. The molecule has 1 amide bonds. The van der Waals surface area contributed by atoms with E-state index in [1.54, 1.807) is 6.33 Å². The molecule has 31 heavy (non-hydrogen) atoms. The van der Waals surface area contributed by atoms with E-state index in [0.717, 1.165) is 43.2 Å². The standard InChI is InChI=1S/C23H28ClN5OS/c1-14(2)25-10-18(15-3-5-16(24)6-4-15)23(30)28-7-8-29-17(11-28)9-20-21-19(12-31-20)26-13-27-22(21)29/h3-6,13-14,17-18,20,25H,7-12H2,1-2H3/t17-,18?,20+/m0/s1. The van der Waals surface area contributed by atoms with E-state index in [2.05, 4.69) is 38.9 Å². The van der Waals surface area contributed by atoms with Crippen LogP contribution in [0.5, 0.6) is 0 Å². The molecule has 0 bridgehead atoms. The molecule has 1 N–H and O–H groups in total. The van der Waals surface area contributed by atoms with Crippen molar-refractivity contribution in [3.05, 3.63) is 52.4 Å². The van der Waals surface area contributed by atoms with Crippen molar-refractivity contribution in [1.29, 1.82) is 0 Å². The Bertz CT molecular complexity index is 969. The summed E-state index contributed by atoms with van der Waals surface area (Å²) in [4.78, 5) is 27.3. The van der Waals surface area contributed by atoms with Crippen LogP contribution in [0.15, 0.2) is 30.6 Å². The van der Waals surface area contributed by atoms with Crippen molar-refractivity contribution in [2.45, 2.75) is 49.3 Å². The summed E-state index contributed by atoms with van der Waals surface area (Å²) in [7, 11) is 0. The molecule has 2 aromatic rings. The summed E-state index contributed by atoms with van der Waals surface area (Å²) in [5, 5.41) is 4.61. The summed E-state index contributed by atoms with van der Waals surface area (Å²) in [5.74, 6) is 2.05. The molecule has 1 saturated heterocycles. The van der Waals surface area contributed by atoms with Gasteiger partial charge in [-0.25, -0.2) is 9.97 Å². The second-order valence-electron chi connectivity index (χ2n) is 8.89. The van der Waals surface area contributed by atoms with E-state index in [4.69, 9.17) is 11.6 Å². The normalized spacial score (nSPS) is 23.0. The van der Waals surface area contributed by atoms with Gasteiger partial charge in [-0.2, -0.15) is 0 Å². The van der Waals surface area contributed by atoms with Gasteiger partial charge < -0.3 is 15.1 Å². The van der Waals surface area contributed by atoms with E-state index in [1.807, 2.05) is 36.0 Å². The zero-order chi connectivity index (χ0) is 21.5. The molecule has 0 spiro atoms. The molecule has 0 radical (unpaired) electrons. The first-order valence-electron chi connectivity index (χ1n) is 11.0. The Kier molecular flexibility index (Phi) is 5.84. The third-order valence-electron chi connectivity index (χ3n) is 6.54. The molecule has 8 heteroatoms. The lowest BCUT2D eigenvalue weighted by Crippen LogP contribution is -2.58. The number of piperazine rings is 1. The minimum Gasteiger partial charge on any atom is -0.350 e. The molecule has 4 heterocycles. The highest BCUT2D eigenvalue weighted by Crippen LogP contribution is 2.51. The Morgan fingerprint density at radius 2 is 2.06 bits per heavy atom. The van der Waals surface area contributed by atoms with Crippen LogP contribution in [-0.4, -0.2) is 59.0 Å². The predicted molar refractivity (Wildman–Crippen MR) is 126 cm³/mol. The first-order valence-corrected chi connectivity index (χ1v) is 12.4. The molecule has 1 aromatic heterocycles. The van der Waals surface area contributed by atoms with Crippen LogP contribution in [0.2, 0.25) is 5.02 Å². The molecule has 0 saturated carbocycles. The molecule has 0 aliphatic carbocycles. The number of anilines is 1. The van der Waals surface area contributed by atoms with Gasteiger partial charge in [-0.1, -0.05) is 37.6 Å². The number of halogens is 1. The number of aromatic nitrogens is 2. The van der Waals surface area contributed by atoms with Gasteiger partial charge in [-0.3, -0.25) is 4.79 Å². The van der Waals surface area contributed by atoms with Crippen LogP contribution >= 0.6 is 23.4 Å². The Labute approximate surface area is 192 Å². The number of carbonyl (C=O) groups excluding carboxylic acids is 1. The van der Waals surface area contributed by atoms with E-state index in [9.17, 15) is 4.79 Å². The molecule has 1 fully saturated rings. The predicted octanol–water partition coefficient (Wildman–Crippen LogP) is 3.62. The van der Waals surface area contributed by atoms with Crippen molar-refractivity contribution < 1.29 is 4.79 Å². The van der Waals surface area contributed by atoms with Crippen LogP contribution in [0.3, 0.4) is 0 Å². The van der Waals surface area contributed by atoms with Crippen molar-refractivity contribution in [2.75, 3.05) is 31.1 Å². The monoisotopic (exact) mass is 457 g/mol. The summed E-state index contributed by atoms with van der Waals surface area (Å²) in [6.07, 6.45) is 2.75. The Hall–Kier alpha value is -1.83. The van der Waals surface area contributed by atoms with Gasteiger partial charge in [-0.05, 0) is 24.1 Å². The fourth-order valence-electron chi connectivity index (χ4n) is 4.94. The van der Waals surface area contributed by atoms with E-state index < -0.39 is 0 Å². The number of thioether (sulfide) groups is 1. The summed E-state index contributed by atoms with van der Waals surface area (Å²) in [6, 6.07) is 8.34. The molecular formula is C23H28ClN5OS. The van der Waals surface area contributed by atoms with Crippen LogP contribution in [0.4, 0.5) is 5.82 Å². The molecule has 1 aromatic carbocycles. The van der Waals surface area contributed by atoms with Crippen molar-refractivity contribution in [1.82, 2.24) is 20.2 Å². The smallest absolute Gasteiger partial charge is 0.231 e. The highest BCUT2D eigenvalue weighted by atomic mass is 35.5. The number of fused-ring (bicyclic) bond motifs is 2. The average molecular weight is 458 g/mol. The van der Waals surface area contributed by atoms with Crippen LogP contribution in [0.1, 0.15) is 48.3 Å². The zero-order valence-electron chi connectivity index (χ0n) is 17.9. The van der Waals surface area contributed by atoms with Gasteiger partial charge in [-0.15, -0.1) is 11.8 Å². The second-order valence-corrected chi connectivity index (χ2v) is 10.5. The molecule has 3 aliphatic rings. The van der Waals surface area contributed by atoms with Gasteiger partial charge in [0.25, 0.3) is 0 Å². The molecule has 6 nitrogen and oxygen atoms in total. The van der Waals surface area contributed by atoms with Gasteiger partial charge in [0.1, 0.15) is 12.1 Å². The highest BCUT2D eigenvalue weighted by Gasteiger charge is 2.42. The van der Waals surface area contributed by atoms with E-state index in [0.29, 0.717) is 28.9 Å². The Balaban J connectivity index is 1.36. The van der Waals surface area contributed by atoms with Crippen molar-refractivity contribution in [3.63, 3.8) is 0 Å². The molecule has 3 atom stereocenters. The SMILES string of the molecule is CC(C)NCC(C(=O)N1CCN2c3ncnc4c3[C@@H](C[C@H]2C1)SC4)c1ccc(Cl)cc1. The fourth-order valence-corrected chi connectivity index (χ4v) is 6.43. The van der Waals surface area contributed by atoms with E-state index in [-0.39, 0.29) is 11.8 Å². The maximum Gasteiger partial charge on any atom is 0.231 e. The number of nitrogens with zero attached hydrogens (tertiary/aromatic N) is 4. The van der Waals surface area contributed by atoms with Crippen molar-refractivity contribution in [2.24, 2.45) is 0 Å². The third kappa shape index (κ3) is 4.03. The number of carbonyl (C=O) groups is 1. The number of hydrogen-bond acceptors (Lipinski definition) is 6. The fraction of sp³-hybridized carbons (Fsp3) is 0.522. The van der Waals surface area contributed by atoms with Gasteiger partial charge in [0.15, 0.2) is 0 Å². The largest absolute Gasteiger partial charge is 0.350 e. The Morgan fingerprint density at radius 1 is 1.26 bits per heavy atom. The first-order chi connectivity index (χ1) is 15.0. The van der Waals surface area contributed by atoms with Crippen LogP contribution in [0, 0.1) is 0 Å². The van der Waals surface area contributed by atoms with Crippen LogP contribution in [0.25, 0.3) is 0 Å². The minimum absolute atomic E-state index is 0.198. The van der Waals surface area contributed by atoms with Crippen molar-refractivity contribution in [3.8, 4) is 0 Å². The summed E-state index contributed by atoms with van der Waals surface area (Å²) in [6.45, 7) is 7.13. The quantitative estimate of drug-likeness (QED) is 0.739. The average Bonchev–Trinajstić information content (AvgIpc) is 3.18. The number of hydrogen-bond donors (Lipinski definition) is 1. The molecule has 164 valence electrons. The lowest BCUT2D eigenvalue weighted by atomic mass is 9.93.